The van der Waals surface area contributed by atoms with Gasteiger partial charge in [-0.25, -0.2) is 9.59 Å². The Bertz CT molecular complexity index is 545. The summed E-state index contributed by atoms with van der Waals surface area (Å²) < 4.78 is 12.7. The largest absolute Gasteiger partial charge is 0.393 e. The highest BCUT2D eigenvalue weighted by Crippen LogP contribution is 2.27. The van der Waals surface area contributed by atoms with Crippen molar-refractivity contribution in [1.29, 1.82) is 0 Å². The molecule has 0 aromatic heterocycles. The zero-order chi connectivity index (χ0) is 17.4. The van der Waals surface area contributed by atoms with E-state index in [0.29, 0.717) is 0 Å². The Labute approximate surface area is 127 Å². The van der Waals surface area contributed by atoms with Gasteiger partial charge in [0.25, 0.3) is 0 Å². The highest BCUT2D eigenvalue weighted by molar-refractivity contribution is 6.04. The average molecular weight is 330 g/mol. The van der Waals surface area contributed by atoms with Crippen LogP contribution in [0.4, 0.5) is 0 Å². The molecular formula is C12H10O11. The molecule has 0 aliphatic carbocycles. The van der Waals surface area contributed by atoms with Crippen LogP contribution < -0.4 is 0 Å². The van der Waals surface area contributed by atoms with Gasteiger partial charge in [-0.15, -0.1) is 0 Å². The maximum atomic E-state index is 11.8. The van der Waals surface area contributed by atoms with Gasteiger partial charge in [-0.05, 0) is 0 Å². The molecule has 0 unspecified atom stereocenters. The fourth-order valence-electron chi connectivity index (χ4n) is 2.04. The van der Waals surface area contributed by atoms with E-state index in [1.807, 2.05) is 0 Å². The average Bonchev–Trinajstić information content (AvgIpc) is 2.34. The lowest BCUT2D eigenvalue weighted by Crippen LogP contribution is -2.53. The summed E-state index contributed by atoms with van der Waals surface area (Å²) >= 11 is 0. The first-order valence-electron chi connectivity index (χ1n) is 6.23. The van der Waals surface area contributed by atoms with E-state index in [9.17, 15) is 39.0 Å². The van der Waals surface area contributed by atoms with Gasteiger partial charge in [-0.1, -0.05) is 0 Å². The number of ether oxygens (including phenoxy) is 3. The van der Waals surface area contributed by atoms with E-state index < -0.39 is 72.7 Å². The molecular weight excluding hydrogens is 320 g/mol. The first-order chi connectivity index (χ1) is 10.5. The minimum Gasteiger partial charge on any atom is -0.393 e. The molecule has 0 radical (unpaired) electrons. The molecule has 124 valence electrons. The van der Waals surface area contributed by atoms with Crippen LogP contribution in [0.25, 0.3) is 0 Å². The first-order valence-corrected chi connectivity index (χ1v) is 6.23. The van der Waals surface area contributed by atoms with Crippen LogP contribution in [0.5, 0.6) is 0 Å². The minimum absolute atomic E-state index is 1.20. The standard InChI is InChI=1S/C12H10O11/c13-5-1-11(19)2-6(14)22-8(16)4-12(20,3-7(15)21-5)10(18)23-9(11)17/h19-20H,1-4H2. The molecule has 0 saturated carbocycles. The van der Waals surface area contributed by atoms with Crippen LogP contribution in [0.2, 0.25) is 0 Å². The van der Waals surface area contributed by atoms with Gasteiger partial charge in [-0.3, -0.25) is 19.2 Å². The lowest BCUT2D eigenvalue weighted by atomic mass is 9.92. The van der Waals surface area contributed by atoms with E-state index in [1.54, 1.807) is 0 Å². The van der Waals surface area contributed by atoms with Crippen LogP contribution in [-0.4, -0.2) is 57.2 Å². The molecule has 2 bridgehead atoms. The summed E-state index contributed by atoms with van der Waals surface area (Å²) in [6.07, 6.45) is -4.81. The Hall–Kier alpha value is -2.66. The van der Waals surface area contributed by atoms with Crippen LogP contribution >= 0.6 is 0 Å². The van der Waals surface area contributed by atoms with Gasteiger partial charge in [-0.2, -0.15) is 0 Å². The Morgan fingerprint density at radius 2 is 0.826 bits per heavy atom. The quantitative estimate of drug-likeness (QED) is 0.268. The topological polar surface area (TPSA) is 171 Å². The zero-order valence-electron chi connectivity index (χ0n) is 11.4. The summed E-state index contributed by atoms with van der Waals surface area (Å²) in [4.78, 5) is 69.8. The Kier molecular flexibility index (Phi) is 4.01. The van der Waals surface area contributed by atoms with E-state index in [4.69, 9.17) is 0 Å². The third-order valence-corrected chi connectivity index (χ3v) is 3.15. The van der Waals surface area contributed by atoms with E-state index in [1.165, 1.54) is 0 Å². The van der Waals surface area contributed by atoms with Crippen molar-refractivity contribution in [3.63, 3.8) is 0 Å². The van der Waals surface area contributed by atoms with Crippen LogP contribution in [0.1, 0.15) is 25.7 Å². The molecule has 0 amide bonds. The second-order valence-electron chi connectivity index (χ2n) is 5.14. The Morgan fingerprint density at radius 1 is 0.565 bits per heavy atom. The molecule has 0 aromatic rings. The molecule has 0 spiro atoms. The predicted octanol–water partition coefficient (Wildman–Crippen LogP) is -2.75. The number of aliphatic hydroxyl groups is 2. The van der Waals surface area contributed by atoms with Crippen molar-refractivity contribution in [2.45, 2.75) is 36.9 Å². The van der Waals surface area contributed by atoms with Gasteiger partial charge in [0.1, 0.15) is 0 Å². The molecule has 2 rings (SSSR count). The Morgan fingerprint density at radius 3 is 1.09 bits per heavy atom. The van der Waals surface area contributed by atoms with Gasteiger partial charge in [0.2, 0.25) is 0 Å². The molecule has 23 heavy (non-hydrogen) atoms. The molecule has 2 heterocycles. The number of hydrogen-bond acceptors (Lipinski definition) is 11. The summed E-state index contributed by atoms with van der Waals surface area (Å²) in [6, 6.07) is 0. The third kappa shape index (κ3) is 3.40. The lowest BCUT2D eigenvalue weighted by molar-refractivity contribution is -0.200. The molecule has 2 saturated heterocycles. The summed E-state index contributed by atoms with van der Waals surface area (Å²) in [5.74, 6) is -9.04. The van der Waals surface area contributed by atoms with Gasteiger partial charge in [0.15, 0.2) is 11.2 Å². The van der Waals surface area contributed by atoms with Gasteiger partial charge < -0.3 is 24.4 Å². The van der Waals surface area contributed by atoms with Crippen molar-refractivity contribution in [3.8, 4) is 0 Å². The number of esters is 6. The lowest BCUT2D eigenvalue weighted by Gasteiger charge is -2.30. The highest BCUT2D eigenvalue weighted by Gasteiger charge is 2.52. The molecule has 11 heteroatoms. The predicted molar refractivity (Wildman–Crippen MR) is 61.7 cm³/mol. The molecule has 2 N–H and O–H groups in total. The smallest absolute Gasteiger partial charge is 0.347 e. The van der Waals surface area contributed by atoms with E-state index in [-0.39, 0.29) is 0 Å². The summed E-state index contributed by atoms with van der Waals surface area (Å²) in [5.41, 5.74) is -5.81. The second-order valence-corrected chi connectivity index (χ2v) is 5.14. The van der Waals surface area contributed by atoms with E-state index in [0.717, 1.165) is 0 Å². The van der Waals surface area contributed by atoms with Crippen molar-refractivity contribution in [1.82, 2.24) is 0 Å². The number of carbonyl (C=O) groups excluding carboxylic acids is 6. The van der Waals surface area contributed by atoms with Crippen LogP contribution in [0.3, 0.4) is 0 Å². The van der Waals surface area contributed by atoms with Gasteiger partial charge in [0.05, 0.1) is 25.7 Å². The van der Waals surface area contributed by atoms with Crippen molar-refractivity contribution < 1.29 is 53.2 Å². The highest BCUT2D eigenvalue weighted by atomic mass is 16.6. The fraction of sp³-hybridized carbons (Fsp3) is 0.500. The monoisotopic (exact) mass is 330 g/mol. The molecule has 11 nitrogen and oxygen atoms in total. The summed E-state index contributed by atoms with van der Waals surface area (Å²) in [6.45, 7) is 0. The molecule has 2 aliphatic rings. The van der Waals surface area contributed by atoms with E-state index >= 15 is 0 Å². The molecule has 2 aliphatic heterocycles. The van der Waals surface area contributed by atoms with Gasteiger partial charge in [0, 0.05) is 0 Å². The fourth-order valence-corrected chi connectivity index (χ4v) is 2.04. The van der Waals surface area contributed by atoms with Crippen molar-refractivity contribution in [2.24, 2.45) is 0 Å². The SMILES string of the molecule is O=C1CC2(O)CC(=O)OC(=O)CC(O)(CC(=O)O1)C(=O)OC2=O. The molecule has 0 aromatic carbocycles. The third-order valence-electron chi connectivity index (χ3n) is 3.15. The maximum Gasteiger partial charge on any atom is 0.347 e. The second kappa shape index (κ2) is 5.52. The number of hydrogen-bond donors (Lipinski definition) is 2. The van der Waals surface area contributed by atoms with Crippen LogP contribution in [0, 0.1) is 0 Å². The molecule has 2 fully saturated rings. The zero-order valence-corrected chi connectivity index (χ0v) is 11.4. The first kappa shape index (κ1) is 16.7. The van der Waals surface area contributed by atoms with Crippen LogP contribution in [0.15, 0.2) is 0 Å². The number of rotatable bonds is 0. The number of carbonyl (C=O) groups is 6. The Balaban J connectivity index is 2.55. The van der Waals surface area contributed by atoms with Crippen molar-refractivity contribution in [3.05, 3.63) is 0 Å². The van der Waals surface area contributed by atoms with Crippen LogP contribution in [-0.2, 0) is 43.0 Å². The normalized spacial score (nSPS) is 33.1. The van der Waals surface area contributed by atoms with Gasteiger partial charge >= 0.3 is 35.8 Å². The minimum atomic E-state index is -2.90. The van der Waals surface area contributed by atoms with Crippen molar-refractivity contribution >= 4 is 35.8 Å². The number of cyclic esters (lactones) is 4. The summed E-state index contributed by atoms with van der Waals surface area (Å²) in [7, 11) is 0. The maximum absolute atomic E-state index is 11.8. The molecule has 0 atom stereocenters. The number of fused-ring (bicyclic) bond motifs is 4. The van der Waals surface area contributed by atoms with E-state index in [2.05, 4.69) is 14.2 Å². The summed E-state index contributed by atoms with van der Waals surface area (Å²) in [5, 5.41) is 20.2. The van der Waals surface area contributed by atoms with Crippen molar-refractivity contribution in [2.75, 3.05) is 0 Å².